The van der Waals surface area contributed by atoms with Crippen molar-refractivity contribution >= 4 is 51.4 Å². The Morgan fingerprint density at radius 2 is 1.96 bits per heavy atom. The van der Waals surface area contributed by atoms with Gasteiger partial charge in [-0.1, -0.05) is 17.7 Å². The van der Waals surface area contributed by atoms with Crippen LogP contribution in [0.5, 0.6) is 0 Å². The Labute approximate surface area is 165 Å². The molecule has 0 unspecified atom stereocenters. The molecular weight excluding hydrogens is 388 g/mol. The van der Waals surface area contributed by atoms with Crippen LogP contribution in [-0.2, 0) is 14.3 Å². The second-order valence-electron chi connectivity index (χ2n) is 6.39. The standard InChI is InChI=1S/C19H19ClN2O4S/c1-10-11(2)27-18(22-17(24)12-6-7-12)16(10)19(25)26-9-15(23)21-14-5-3-4-13(20)8-14/h3-5,8,12H,6-7,9H2,1-2H3,(H,21,23)(H,22,24). The average Bonchev–Trinajstić information content (AvgIpc) is 3.41. The lowest BCUT2D eigenvalue weighted by molar-refractivity contribution is -0.119. The molecule has 0 spiro atoms. The summed E-state index contributed by atoms with van der Waals surface area (Å²) >= 11 is 7.20. The number of rotatable bonds is 6. The van der Waals surface area contributed by atoms with Crippen molar-refractivity contribution in [2.45, 2.75) is 26.7 Å². The van der Waals surface area contributed by atoms with E-state index >= 15 is 0 Å². The third-order valence-electron chi connectivity index (χ3n) is 4.22. The van der Waals surface area contributed by atoms with E-state index < -0.39 is 18.5 Å². The van der Waals surface area contributed by atoms with Crippen LogP contribution in [0.15, 0.2) is 24.3 Å². The number of halogens is 1. The van der Waals surface area contributed by atoms with Gasteiger partial charge >= 0.3 is 5.97 Å². The minimum Gasteiger partial charge on any atom is -0.452 e. The van der Waals surface area contributed by atoms with E-state index in [1.165, 1.54) is 11.3 Å². The second kappa shape index (κ2) is 8.10. The molecule has 27 heavy (non-hydrogen) atoms. The van der Waals surface area contributed by atoms with Crippen LogP contribution in [0.1, 0.15) is 33.6 Å². The smallest absolute Gasteiger partial charge is 0.341 e. The Balaban J connectivity index is 1.63. The largest absolute Gasteiger partial charge is 0.452 e. The van der Waals surface area contributed by atoms with Crippen molar-refractivity contribution in [1.82, 2.24) is 0 Å². The van der Waals surface area contributed by atoms with Gasteiger partial charge in [-0.15, -0.1) is 11.3 Å². The van der Waals surface area contributed by atoms with Gasteiger partial charge in [-0.2, -0.15) is 0 Å². The minimum atomic E-state index is -0.635. The van der Waals surface area contributed by atoms with Gasteiger partial charge in [0, 0.05) is 21.5 Å². The van der Waals surface area contributed by atoms with Crippen molar-refractivity contribution < 1.29 is 19.1 Å². The lowest BCUT2D eigenvalue weighted by atomic mass is 10.1. The summed E-state index contributed by atoms with van der Waals surface area (Å²) in [6.07, 6.45) is 1.75. The molecule has 3 rings (SSSR count). The lowest BCUT2D eigenvalue weighted by Gasteiger charge is -2.09. The van der Waals surface area contributed by atoms with Gasteiger partial charge in [0.1, 0.15) is 5.00 Å². The van der Waals surface area contributed by atoms with Gasteiger partial charge in [-0.25, -0.2) is 4.79 Å². The molecule has 2 aromatic rings. The normalized spacial score (nSPS) is 13.1. The Morgan fingerprint density at radius 1 is 1.22 bits per heavy atom. The summed E-state index contributed by atoms with van der Waals surface area (Å²) in [5.41, 5.74) is 1.57. The Kier molecular flexibility index (Phi) is 5.82. The fourth-order valence-corrected chi connectivity index (χ4v) is 3.73. The molecule has 0 aliphatic heterocycles. The van der Waals surface area contributed by atoms with E-state index in [2.05, 4.69) is 10.6 Å². The van der Waals surface area contributed by atoms with Gasteiger partial charge in [0.25, 0.3) is 5.91 Å². The van der Waals surface area contributed by atoms with Crippen molar-refractivity contribution in [3.63, 3.8) is 0 Å². The first-order valence-corrected chi connectivity index (χ1v) is 9.68. The summed E-state index contributed by atoms with van der Waals surface area (Å²) in [6, 6.07) is 6.68. The summed E-state index contributed by atoms with van der Waals surface area (Å²) in [5, 5.41) is 6.39. The van der Waals surface area contributed by atoms with Crippen molar-refractivity contribution in [2.75, 3.05) is 17.2 Å². The van der Waals surface area contributed by atoms with E-state index in [4.69, 9.17) is 16.3 Å². The number of hydrogen-bond acceptors (Lipinski definition) is 5. The van der Waals surface area contributed by atoms with Gasteiger partial charge < -0.3 is 15.4 Å². The molecule has 1 fully saturated rings. The van der Waals surface area contributed by atoms with Crippen molar-refractivity contribution in [3.05, 3.63) is 45.3 Å². The molecule has 1 aromatic carbocycles. The molecule has 2 N–H and O–H groups in total. The number of carbonyl (C=O) groups excluding carboxylic acids is 3. The van der Waals surface area contributed by atoms with Crippen LogP contribution in [0.3, 0.4) is 0 Å². The third-order valence-corrected chi connectivity index (χ3v) is 5.57. The molecule has 8 heteroatoms. The predicted octanol–water partition coefficient (Wildman–Crippen LogP) is 4.16. The monoisotopic (exact) mass is 406 g/mol. The topological polar surface area (TPSA) is 84.5 Å². The number of thiophene rings is 1. The fraction of sp³-hybridized carbons (Fsp3) is 0.316. The highest BCUT2D eigenvalue weighted by atomic mass is 35.5. The summed E-state index contributed by atoms with van der Waals surface area (Å²) in [7, 11) is 0. The SMILES string of the molecule is Cc1sc(NC(=O)C2CC2)c(C(=O)OCC(=O)Nc2cccc(Cl)c2)c1C. The first-order chi connectivity index (χ1) is 12.8. The highest BCUT2D eigenvalue weighted by Crippen LogP contribution is 2.36. The molecule has 1 saturated carbocycles. The molecular formula is C19H19ClN2O4S. The van der Waals surface area contributed by atoms with Crippen molar-refractivity contribution in [1.29, 1.82) is 0 Å². The van der Waals surface area contributed by atoms with Crippen molar-refractivity contribution in [3.8, 4) is 0 Å². The fourth-order valence-electron chi connectivity index (χ4n) is 2.49. The average molecular weight is 407 g/mol. The number of nitrogens with one attached hydrogen (secondary N) is 2. The minimum absolute atomic E-state index is 0.0278. The summed E-state index contributed by atoms with van der Waals surface area (Å²) in [6.45, 7) is 3.23. The number of benzene rings is 1. The Morgan fingerprint density at radius 3 is 2.63 bits per heavy atom. The lowest BCUT2D eigenvalue weighted by Crippen LogP contribution is -2.22. The molecule has 0 atom stereocenters. The number of amides is 2. The number of aryl methyl sites for hydroxylation is 1. The Hall–Kier alpha value is -2.38. The molecule has 0 radical (unpaired) electrons. The predicted molar refractivity (Wildman–Crippen MR) is 106 cm³/mol. The van der Waals surface area contributed by atoms with Gasteiger partial charge in [0.2, 0.25) is 5.91 Å². The van der Waals surface area contributed by atoms with Crippen molar-refractivity contribution in [2.24, 2.45) is 5.92 Å². The molecule has 142 valence electrons. The van der Waals surface area contributed by atoms with E-state index in [-0.39, 0.29) is 11.8 Å². The number of esters is 1. The van der Waals surface area contributed by atoms with E-state index in [0.717, 1.165) is 23.3 Å². The third kappa shape index (κ3) is 4.87. The van der Waals surface area contributed by atoms with Crippen LogP contribution in [0.2, 0.25) is 5.02 Å². The zero-order valence-corrected chi connectivity index (χ0v) is 16.5. The second-order valence-corrected chi connectivity index (χ2v) is 8.05. The quantitative estimate of drug-likeness (QED) is 0.705. The first-order valence-electron chi connectivity index (χ1n) is 8.48. The molecule has 6 nitrogen and oxygen atoms in total. The number of ether oxygens (including phenoxy) is 1. The highest BCUT2D eigenvalue weighted by molar-refractivity contribution is 7.16. The van der Waals surface area contributed by atoms with E-state index in [0.29, 0.717) is 21.3 Å². The zero-order valence-electron chi connectivity index (χ0n) is 14.9. The van der Waals surface area contributed by atoms with Crippen LogP contribution >= 0.6 is 22.9 Å². The zero-order chi connectivity index (χ0) is 19.6. The van der Waals surface area contributed by atoms with Crippen LogP contribution in [0.4, 0.5) is 10.7 Å². The van der Waals surface area contributed by atoms with E-state index in [1.807, 2.05) is 6.92 Å². The van der Waals surface area contributed by atoms with Crippen LogP contribution in [-0.4, -0.2) is 24.4 Å². The molecule has 1 aromatic heterocycles. The molecule has 0 saturated heterocycles. The Bertz CT molecular complexity index is 905. The van der Waals surface area contributed by atoms with Crippen LogP contribution in [0.25, 0.3) is 0 Å². The molecule has 2 amide bonds. The number of anilines is 2. The maximum atomic E-state index is 12.5. The van der Waals surface area contributed by atoms with E-state index in [9.17, 15) is 14.4 Å². The summed E-state index contributed by atoms with van der Waals surface area (Å²) in [5.74, 6) is -1.16. The van der Waals surface area contributed by atoms with Gasteiger partial charge in [0.15, 0.2) is 6.61 Å². The van der Waals surface area contributed by atoms with E-state index in [1.54, 1.807) is 31.2 Å². The summed E-state index contributed by atoms with van der Waals surface area (Å²) in [4.78, 5) is 37.5. The van der Waals surface area contributed by atoms with Crippen LogP contribution < -0.4 is 10.6 Å². The molecule has 1 aliphatic rings. The number of hydrogen-bond donors (Lipinski definition) is 2. The van der Waals surface area contributed by atoms with Crippen LogP contribution in [0, 0.1) is 19.8 Å². The van der Waals surface area contributed by atoms with Gasteiger partial charge in [-0.05, 0) is 50.5 Å². The number of carbonyl (C=O) groups is 3. The summed E-state index contributed by atoms with van der Waals surface area (Å²) < 4.78 is 5.16. The molecule has 0 bridgehead atoms. The maximum Gasteiger partial charge on any atom is 0.341 e. The first kappa shape index (κ1) is 19.4. The molecule has 1 heterocycles. The van der Waals surface area contributed by atoms with Gasteiger partial charge in [-0.3, -0.25) is 9.59 Å². The van der Waals surface area contributed by atoms with Gasteiger partial charge in [0.05, 0.1) is 5.56 Å². The highest BCUT2D eigenvalue weighted by Gasteiger charge is 2.31. The molecule has 1 aliphatic carbocycles. The maximum absolute atomic E-state index is 12.5.